The number of thioether (sulfide) groups is 1. The molecule has 0 unspecified atom stereocenters. The Hall–Kier alpha value is -3.59. The van der Waals surface area contributed by atoms with E-state index in [-0.39, 0.29) is 11.6 Å². The van der Waals surface area contributed by atoms with E-state index >= 15 is 0 Å². The molecule has 6 nitrogen and oxygen atoms in total. The molecule has 0 saturated heterocycles. The molecule has 1 aromatic heterocycles. The first-order chi connectivity index (χ1) is 14.5. The Balaban J connectivity index is 1.53. The van der Waals surface area contributed by atoms with Gasteiger partial charge in [-0.1, -0.05) is 23.9 Å². The molecule has 152 valence electrons. The molecule has 0 atom stereocenters. The Morgan fingerprint density at radius 3 is 2.37 bits per heavy atom. The molecule has 0 saturated carbocycles. The largest absolute Gasteiger partial charge is 0.355 e. The molecule has 3 aromatic carbocycles. The fourth-order valence-corrected chi connectivity index (χ4v) is 3.47. The summed E-state index contributed by atoms with van der Waals surface area (Å²) in [5, 5.41) is 5.96. The number of aromatic nitrogens is 2. The second-order valence-electron chi connectivity index (χ2n) is 6.37. The highest BCUT2D eigenvalue weighted by molar-refractivity contribution is 7.99. The van der Waals surface area contributed by atoms with Crippen molar-refractivity contribution in [1.29, 1.82) is 0 Å². The number of nitrogens with one attached hydrogen (secondary N) is 4. The first kappa shape index (κ1) is 19.7. The third kappa shape index (κ3) is 4.52. The highest BCUT2D eigenvalue weighted by atomic mass is 32.2. The molecule has 4 N–H and O–H groups in total. The van der Waals surface area contributed by atoms with Crippen molar-refractivity contribution in [3.05, 3.63) is 82.8 Å². The van der Waals surface area contributed by atoms with Gasteiger partial charge in [-0.2, -0.15) is 8.78 Å². The van der Waals surface area contributed by atoms with Crippen molar-refractivity contribution >= 4 is 45.8 Å². The second-order valence-corrected chi connectivity index (χ2v) is 7.43. The number of fused-ring (bicyclic) bond motifs is 1. The van der Waals surface area contributed by atoms with Gasteiger partial charge in [-0.25, -0.2) is 4.79 Å². The molecule has 0 aliphatic heterocycles. The van der Waals surface area contributed by atoms with Crippen LogP contribution >= 0.6 is 11.8 Å². The molecular formula is C21H16F2N4O2S. The quantitative estimate of drug-likeness (QED) is 0.320. The van der Waals surface area contributed by atoms with Gasteiger partial charge in [-0.3, -0.25) is 4.79 Å². The van der Waals surface area contributed by atoms with E-state index < -0.39 is 5.76 Å². The number of amides is 1. The molecule has 30 heavy (non-hydrogen) atoms. The maximum absolute atomic E-state index is 12.8. The van der Waals surface area contributed by atoms with Gasteiger partial charge >= 0.3 is 5.69 Å². The van der Waals surface area contributed by atoms with Gasteiger partial charge in [-0.05, 0) is 54.6 Å². The predicted octanol–water partition coefficient (Wildman–Crippen LogP) is 5.17. The number of hydrogen-bond acceptors (Lipinski definition) is 4. The molecule has 4 rings (SSSR count). The Morgan fingerprint density at radius 1 is 0.900 bits per heavy atom. The van der Waals surface area contributed by atoms with Crippen LogP contribution in [0.4, 0.5) is 25.8 Å². The molecule has 1 amide bonds. The van der Waals surface area contributed by atoms with Crippen LogP contribution in [0.5, 0.6) is 0 Å². The first-order valence-electron chi connectivity index (χ1n) is 8.92. The third-order valence-corrected chi connectivity index (χ3v) is 5.03. The van der Waals surface area contributed by atoms with Crippen LogP contribution in [0.25, 0.3) is 11.0 Å². The maximum Gasteiger partial charge on any atom is 0.323 e. The summed E-state index contributed by atoms with van der Waals surface area (Å²) in [6.45, 7) is 0. The van der Waals surface area contributed by atoms with E-state index in [4.69, 9.17) is 0 Å². The topological polar surface area (TPSA) is 89.8 Å². The van der Waals surface area contributed by atoms with Crippen molar-refractivity contribution in [1.82, 2.24) is 9.97 Å². The number of aromatic amines is 2. The van der Waals surface area contributed by atoms with Crippen LogP contribution in [0.3, 0.4) is 0 Å². The molecule has 0 fully saturated rings. The summed E-state index contributed by atoms with van der Waals surface area (Å²) in [6, 6.07) is 18.6. The number of benzene rings is 3. The summed E-state index contributed by atoms with van der Waals surface area (Å²) >= 11 is 0.475. The van der Waals surface area contributed by atoms with Crippen molar-refractivity contribution in [2.75, 3.05) is 10.6 Å². The Labute approximate surface area is 173 Å². The number of anilines is 3. The number of para-hydroxylation sites is 1. The van der Waals surface area contributed by atoms with Gasteiger partial charge in [0.05, 0.1) is 22.3 Å². The lowest BCUT2D eigenvalue weighted by atomic mass is 10.1. The average Bonchev–Trinajstić information content (AvgIpc) is 3.09. The van der Waals surface area contributed by atoms with Crippen molar-refractivity contribution in [2.24, 2.45) is 0 Å². The number of carbonyl (C=O) groups is 1. The van der Waals surface area contributed by atoms with E-state index in [1.807, 2.05) is 0 Å². The maximum atomic E-state index is 12.8. The minimum absolute atomic E-state index is 0.319. The summed E-state index contributed by atoms with van der Waals surface area (Å²) in [5.41, 5.74) is 3.10. The molecular weight excluding hydrogens is 410 g/mol. The van der Waals surface area contributed by atoms with Crippen molar-refractivity contribution in [3.8, 4) is 0 Å². The standard InChI is InChI=1S/C21H16F2N4O2S/c22-20(23)30-14-8-5-12(6-9-14)24-16-4-2-1-3-15(16)19(28)25-13-7-10-17-18(11-13)27-21(29)26-17/h1-11,20,24H,(H,25,28)(H2,26,27,29). The van der Waals surface area contributed by atoms with Gasteiger partial charge in [0, 0.05) is 16.3 Å². The molecule has 4 aromatic rings. The minimum atomic E-state index is -2.48. The van der Waals surface area contributed by atoms with Crippen LogP contribution in [0.15, 0.2) is 76.4 Å². The van der Waals surface area contributed by atoms with Crippen molar-refractivity contribution in [2.45, 2.75) is 10.7 Å². The fourth-order valence-electron chi connectivity index (χ4n) is 2.97. The van der Waals surface area contributed by atoms with E-state index in [1.54, 1.807) is 66.7 Å². The van der Waals surface area contributed by atoms with Gasteiger partial charge < -0.3 is 20.6 Å². The van der Waals surface area contributed by atoms with E-state index in [2.05, 4.69) is 20.6 Å². The number of halogens is 2. The monoisotopic (exact) mass is 426 g/mol. The number of hydrogen-bond donors (Lipinski definition) is 4. The highest BCUT2D eigenvalue weighted by Gasteiger charge is 2.12. The van der Waals surface area contributed by atoms with Gasteiger partial charge in [0.1, 0.15) is 0 Å². The Bertz CT molecular complexity index is 1250. The summed E-state index contributed by atoms with van der Waals surface area (Å²) in [5.74, 6) is -2.81. The van der Waals surface area contributed by atoms with Crippen LogP contribution in [0, 0.1) is 0 Å². The molecule has 0 spiro atoms. The zero-order valence-corrected chi connectivity index (χ0v) is 16.2. The third-order valence-electron chi connectivity index (χ3n) is 4.30. The van der Waals surface area contributed by atoms with Crippen LogP contribution in [0.2, 0.25) is 0 Å². The molecule has 1 heterocycles. The Kier molecular flexibility index (Phi) is 5.53. The zero-order valence-electron chi connectivity index (χ0n) is 15.4. The van der Waals surface area contributed by atoms with E-state index in [0.29, 0.717) is 50.3 Å². The van der Waals surface area contributed by atoms with E-state index in [0.717, 1.165) is 0 Å². The van der Waals surface area contributed by atoms with Gasteiger partial charge in [0.25, 0.3) is 11.7 Å². The lowest BCUT2D eigenvalue weighted by Gasteiger charge is -2.13. The van der Waals surface area contributed by atoms with Gasteiger partial charge in [0.2, 0.25) is 0 Å². The Morgan fingerprint density at radius 2 is 1.60 bits per heavy atom. The summed E-state index contributed by atoms with van der Waals surface area (Å²) in [4.78, 5) is 30.0. The van der Waals surface area contributed by atoms with Gasteiger partial charge in [-0.15, -0.1) is 0 Å². The van der Waals surface area contributed by atoms with Crippen molar-refractivity contribution in [3.63, 3.8) is 0 Å². The normalized spacial score (nSPS) is 11.0. The fraction of sp³-hybridized carbons (Fsp3) is 0.0476. The lowest BCUT2D eigenvalue weighted by molar-refractivity contribution is 0.102. The number of carbonyl (C=O) groups excluding carboxylic acids is 1. The number of imidazole rings is 1. The molecule has 0 bridgehead atoms. The summed E-state index contributed by atoms with van der Waals surface area (Å²) < 4.78 is 24.9. The first-order valence-corrected chi connectivity index (χ1v) is 9.80. The van der Waals surface area contributed by atoms with E-state index in [1.165, 1.54) is 0 Å². The second kappa shape index (κ2) is 8.42. The molecule has 0 aliphatic rings. The summed E-state index contributed by atoms with van der Waals surface area (Å²) in [7, 11) is 0. The van der Waals surface area contributed by atoms with Crippen LogP contribution in [-0.2, 0) is 0 Å². The SMILES string of the molecule is O=C(Nc1ccc2[nH]c(=O)[nH]c2c1)c1ccccc1Nc1ccc(SC(F)F)cc1. The number of alkyl halides is 2. The highest BCUT2D eigenvalue weighted by Crippen LogP contribution is 2.28. The average molecular weight is 426 g/mol. The predicted molar refractivity (Wildman–Crippen MR) is 115 cm³/mol. The molecule has 0 radical (unpaired) electrons. The van der Waals surface area contributed by atoms with Crippen LogP contribution in [-0.4, -0.2) is 21.6 Å². The van der Waals surface area contributed by atoms with Crippen molar-refractivity contribution < 1.29 is 13.6 Å². The number of H-pyrrole nitrogens is 2. The van der Waals surface area contributed by atoms with Crippen LogP contribution < -0.4 is 16.3 Å². The molecule has 0 aliphatic carbocycles. The van der Waals surface area contributed by atoms with Crippen LogP contribution in [0.1, 0.15) is 10.4 Å². The number of rotatable bonds is 6. The summed E-state index contributed by atoms with van der Waals surface area (Å²) in [6.07, 6.45) is 0. The minimum Gasteiger partial charge on any atom is -0.355 e. The van der Waals surface area contributed by atoms with E-state index in [9.17, 15) is 18.4 Å². The zero-order chi connectivity index (χ0) is 21.1. The van der Waals surface area contributed by atoms with Gasteiger partial charge in [0.15, 0.2) is 0 Å². The molecule has 9 heteroatoms. The smallest absolute Gasteiger partial charge is 0.323 e. The lowest BCUT2D eigenvalue weighted by Crippen LogP contribution is -2.13.